The third-order valence-electron chi connectivity index (χ3n) is 15.2. The normalized spacial score (nSPS) is 12.1. The minimum absolute atomic E-state index is 0.0637. The van der Waals surface area contributed by atoms with Crippen molar-refractivity contribution in [3.63, 3.8) is 0 Å². The molecule has 0 aromatic carbocycles. The maximum absolute atomic E-state index is 12.8. The van der Waals surface area contributed by atoms with Gasteiger partial charge in [-0.1, -0.05) is 328 Å². The molecule has 0 aliphatic carbocycles. The lowest BCUT2D eigenvalue weighted by atomic mass is 10.0. The van der Waals surface area contributed by atoms with Crippen molar-refractivity contribution in [2.24, 2.45) is 0 Å². The smallest absolute Gasteiger partial charge is 0.306 e. The molecule has 6 heteroatoms. The molecule has 0 aliphatic heterocycles. The highest BCUT2D eigenvalue weighted by Gasteiger charge is 2.19. The summed E-state index contributed by atoms with van der Waals surface area (Å²) in [6.07, 6.45) is 76.7. The molecule has 0 spiro atoms. The Morgan fingerprint density at radius 3 is 0.743 bits per heavy atom. The lowest BCUT2D eigenvalue weighted by Gasteiger charge is -2.18. The Kier molecular flexibility index (Phi) is 61.6. The van der Waals surface area contributed by atoms with E-state index in [9.17, 15) is 14.4 Å². The van der Waals surface area contributed by atoms with Crippen molar-refractivity contribution < 1.29 is 28.6 Å². The van der Waals surface area contributed by atoms with Crippen molar-refractivity contribution in [2.45, 2.75) is 380 Å². The van der Waals surface area contributed by atoms with Crippen LogP contribution in [0.5, 0.6) is 0 Å². The van der Waals surface area contributed by atoms with Gasteiger partial charge < -0.3 is 14.2 Å². The minimum Gasteiger partial charge on any atom is -0.462 e. The maximum Gasteiger partial charge on any atom is 0.306 e. The third kappa shape index (κ3) is 60.8. The van der Waals surface area contributed by atoms with Crippen LogP contribution in [0.4, 0.5) is 0 Å². The molecule has 74 heavy (non-hydrogen) atoms. The van der Waals surface area contributed by atoms with Crippen molar-refractivity contribution in [3.05, 3.63) is 24.3 Å². The monoisotopic (exact) mass is 1040 g/mol. The first-order valence-corrected chi connectivity index (χ1v) is 33.3. The number of hydrogen-bond donors (Lipinski definition) is 0. The number of allylic oxidation sites excluding steroid dienone is 4. The first-order valence-electron chi connectivity index (χ1n) is 33.3. The molecule has 0 aliphatic rings. The standard InChI is InChI=1S/C68H128O6/c1-4-7-10-13-16-19-21-23-24-25-26-27-28-29-30-31-32-33-34-35-36-37-38-39-40-41-42-43-44-46-47-49-52-55-58-61-67(70)73-64-65(63-72-66(69)60-57-54-51-18-15-12-9-6-3)74-68(71)62-59-56-53-50-48-45-22-20-17-14-11-8-5-2/h21,23,25-26,65H,4-20,22,24,27-64H2,1-3H3/b23-21-,26-25-. The number of esters is 3. The summed E-state index contributed by atoms with van der Waals surface area (Å²) in [7, 11) is 0. The third-order valence-corrected chi connectivity index (χ3v) is 15.2. The Bertz CT molecular complexity index is 1190. The van der Waals surface area contributed by atoms with Crippen molar-refractivity contribution in [1.82, 2.24) is 0 Å². The number of carbonyl (C=O) groups is 3. The van der Waals surface area contributed by atoms with Crippen LogP contribution in [0.3, 0.4) is 0 Å². The van der Waals surface area contributed by atoms with E-state index in [4.69, 9.17) is 14.2 Å². The van der Waals surface area contributed by atoms with Crippen LogP contribution in [0.25, 0.3) is 0 Å². The molecule has 0 rings (SSSR count). The molecule has 0 saturated carbocycles. The van der Waals surface area contributed by atoms with Gasteiger partial charge >= 0.3 is 17.9 Å². The number of hydrogen-bond acceptors (Lipinski definition) is 6. The van der Waals surface area contributed by atoms with Gasteiger partial charge in [0.2, 0.25) is 0 Å². The molecule has 0 aromatic heterocycles. The van der Waals surface area contributed by atoms with Gasteiger partial charge in [-0.05, 0) is 51.4 Å². The van der Waals surface area contributed by atoms with Crippen LogP contribution in [0, 0.1) is 0 Å². The quantitative estimate of drug-likeness (QED) is 0.0261. The first-order chi connectivity index (χ1) is 36.5. The van der Waals surface area contributed by atoms with Crippen molar-refractivity contribution in [1.29, 1.82) is 0 Å². The van der Waals surface area contributed by atoms with Gasteiger partial charge in [0.15, 0.2) is 6.10 Å². The summed E-state index contributed by atoms with van der Waals surface area (Å²) in [4.78, 5) is 38.0. The van der Waals surface area contributed by atoms with Gasteiger partial charge in [0.1, 0.15) is 13.2 Å². The van der Waals surface area contributed by atoms with Crippen molar-refractivity contribution in [2.75, 3.05) is 13.2 Å². The molecule has 1 atom stereocenters. The molecular formula is C68H128O6. The summed E-state index contributed by atoms with van der Waals surface area (Å²) >= 11 is 0. The Hall–Kier alpha value is -2.11. The zero-order valence-corrected chi connectivity index (χ0v) is 50.1. The Labute approximate surface area is 462 Å². The molecule has 0 fully saturated rings. The molecule has 436 valence electrons. The second-order valence-electron chi connectivity index (χ2n) is 22.7. The zero-order valence-electron chi connectivity index (χ0n) is 50.1. The average Bonchev–Trinajstić information content (AvgIpc) is 3.40. The van der Waals surface area contributed by atoms with Crippen LogP contribution in [-0.2, 0) is 28.6 Å². The lowest BCUT2D eigenvalue weighted by molar-refractivity contribution is -0.167. The summed E-state index contributed by atoms with van der Waals surface area (Å²) in [5, 5.41) is 0. The van der Waals surface area contributed by atoms with E-state index in [0.29, 0.717) is 19.3 Å². The van der Waals surface area contributed by atoms with Crippen LogP contribution < -0.4 is 0 Å². The van der Waals surface area contributed by atoms with Gasteiger partial charge in [-0.25, -0.2) is 0 Å². The van der Waals surface area contributed by atoms with Gasteiger partial charge in [0.05, 0.1) is 0 Å². The van der Waals surface area contributed by atoms with Crippen LogP contribution in [0.2, 0.25) is 0 Å². The second-order valence-corrected chi connectivity index (χ2v) is 22.7. The fraction of sp³-hybridized carbons (Fsp3) is 0.897. The van der Waals surface area contributed by atoms with Gasteiger partial charge in [-0.15, -0.1) is 0 Å². The summed E-state index contributed by atoms with van der Waals surface area (Å²) in [6.45, 7) is 6.65. The molecular weight excluding hydrogens is 913 g/mol. The van der Waals surface area contributed by atoms with Gasteiger partial charge in [-0.2, -0.15) is 0 Å². The predicted octanol–water partition coefficient (Wildman–Crippen LogP) is 22.6. The van der Waals surface area contributed by atoms with E-state index in [2.05, 4.69) is 45.1 Å². The zero-order chi connectivity index (χ0) is 53.6. The highest BCUT2D eigenvalue weighted by atomic mass is 16.6. The van der Waals surface area contributed by atoms with Gasteiger partial charge in [-0.3, -0.25) is 14.4 Å². The predicted molar refractivity (Wildman–Crippen MR) is 321 cm³/mol. The second kappa shape index (κ2) is 63.4. The van der Waals surface area contributed by atoms with E-state index in [0.717, 1.165) is 64.2 Å². The minimum atomic E-state index is -0.762. The summed E-state index contributed by atoms with van der Waals surface area (Å²) < 4.78 is 16.8. The Balaban J connectivity index is 3.90. The first kappa shape index (κ1) is 71.9. The summed E-state index contributed by atoms with van der Waals surface area (Å²) in [5.41, 5.74) is 0. The fourth-order valence-corrected chi connectivity index (χ4v) is 10.2. The molecule has 0 bridgehead atoms. The summed E-state index contributed by atoms with van der Waals surface area (Å²) in [5.74, 6) is -0.843. The maximum atomic E-state index is 12.8. The number of rotatable bonds is 62. The molecule has 0 heterocycles. The van der Waals surface area contributed by atoms with E-state index in [-0.39, 0.29) is 31.1 Å². The highest BCUT2D eigenvalue weighted by molar-refractivity contribution is 5.71. The fourth-order valence-electron chi connectivity index (χ4n) is 10.2. The van der Waals surface area contributed by atoms with Crippen LogP contribution >= 0.6 is 0 Å². The van der Waals surface area contributed by atoms with Gasteiger partial charge in [0, 0.05) is 19.3 Å². The van der Waals surface area contributed by atoms with E-state index in [1.165, 1.54) is 270 Å². The van der Waals surface area contributed by atoms with Crippen LogP contribution in [0.1, 0.15) is 374 Å². The summed E-state index contributed by atoms with van der Waals surface area (Å²) in [6, 6.07) is 0. The number of ether oxygens (including phenoxy) is 3. The van der Waals surface area contributed by atoms with Crippen molar-refractivity contribution >= 4 is 17.9 Å². The van der Waals surface area contributed by atoms with E-state index >= 15 is 0 Å². The van der Waals surface area contributed by atoms with E-state index in [1.54, 1.807) is 0 Å². The highest BCUT2D eigenvalue weighted by Crippen LogP contribution is 2.18. The average molecular weight is 1040 g/mol. The number of carbonyl (C=O) groups excluding carboxylic acids is 3. The van der Waals surface area contributed by atoms with Gasteiger partial charge in [0.25, 0.3) is 0 Å². The molecule has 0 saturated heterocycles. The Morgan fingerprint density at radius 2 is 0.486 bits per heavy atom. The van der Waals surface area contributed by atoms with Crippen LogP contribution in [-0.4, -0.2) is 37.2 Å². The van der Waals surface area contributed by atoms with Crippen LogP contribution in [0.15, 0.2) is 24.3 Å². The molecule has 0 amide bonds. The topological polar surface area (TPSA) is 78.9 Å². The SMILES string of the molecule is CCCCCCC/C=C\C/C=C\CCCCCCCCCCCCCCCCCCCCCCCCCC(=O)OCC(COC(=O)CCCCCCCCCC)OC(=O)CCCCCCCCCCCCCCC. The largest absolute Gasteiger partial charge is 0.462 e. The molecule has 0 radical (unpaired) electrons. The molecule has 1 unspecified atom stereocenters. The Morgan fingerprint density at radius 1 is 0.270 bits per heavy atom. The molecule has 6 nitrogen and oxygen atoms in total. The van der Waals surface area contributed by atoms with Crippen molar-refractivity contribution in [3.8, 4) is 0 Å². The van der Waals surface area contributed by atoms with E-state index < -0.39 is 6.10 Å². The molecule has 0 aromatic rings. The molecule has 0 N–H and O–H groups in total. The number of unbranched alkanes of at least 4 members (excludes halogenated alkanes) is 47. The van der Waals surface area contributed by atoms with E-state index in [1.807, 2.05) is 0 Å². The lowest BCUT2D eigenvalue weighted by Crippen LogP contribution is -2.30.